The third-order valence-electron chi connectivity index (χ3n) is 6.34. The van der Waals surface area contributed by atoms with Gasteiger partial charge in [-0.15, -0.1) is 11.3 Å². The normalized spacial score (nSPS) is 27.7. The zero-order valence-corrected chi connectivity index (χ0v) is 16.2. The Kier molecular flexibility index (Phi) is 4.26. The van der Waals surface area contributed by atoms with Crippen LogP contribution in [0.1, 0.15) is 50.6 Å². The number of thiazole rings is 1. The molecule has 2 unspecified atom stereocenters. The molecule has 7 heteroatoms. The van der Waals surface area contributed by atoms with E-state index in [1.807, 2.05) is 34.6 Å². The average molecular weight is 363 g/mol. The number of carbonyl (C=O) groups excluding carboxylic acids is 3. The van der Waals surface area contributed by atoms with E-state index in [9.17, 15) is 14.4 Å². The molecule has 2 atom stereocenters. The van der Waals surface area contributed by atoms with Crippen molar-refractivity contribution < 1.29 is 14.4 Å². The number of aryl methyl sites for hydroxylation is 2. The SMILES string of the molecule is Cc1nc(NC(=O)CCN2C(=O)C3CCC(C)(C2=O)C3(C)C)sc1C. The van der Waals surface area contributed by atoms with Crippen molar-refractivity contribution in [1.29, 1.82) is 0 Å². The fraction of sp³-hybridized carbons (Fsp3) is 0.667. The molecule has 1 aliphatic carbocycles. The molecule has 25 heavy (non-hydrogen) atoms. The van der Waals surface area contributed by atoms with Gasteiger partial charge in [-0.2, -0.15) is 0 Å². The van der Waals surface area contributed by atoms with Gasteiger partial charge in [-0.3, -0.25) is 19.3 Å². The number of nitrogens with one attached hydrogen (secondary N) is 1. The van der Waals surface area contributed by atoms with E-state index in [0.717, 1.165) is 23.4 Å². The van der Waals surface area contributed by atoms with Crippen LogP contribution in [-0.4, -0.2) is 34.2 Å². The fourth-order valence-corrected chi connectivity index (χ4v) is 4.87. The Morgan fingerprint density at radius 2 is 2.00 bits per heavy atom. The van der Waals surface area contributed by atoms with Gasteiger partial charge in [-0.1, -0.05) is 20.8 Å². The number of likely N-dealkylation sites (tertiary alicyclic amines) is 1. The summed E-state index contributed by atoms with van der Waals surface area (Å²) in [7, 11) is 0. The first kappa shape index (κ1) is 18.0. The van der Waals surface area contributed by atoms with Crippen LogP contribution in [0.3, 0.4) is 0 Å². The minimum atomic E-state index is -0.522. The second-order valence-corrected chi connectivity index (χ2v) is 9.10. The van der Waals surface area contributed by atoms with Crippen LogP contribution in [0.15, 0.2) is 0 Å². The summed E-state index contributed by atoms with van der Waals surface area (Å²) < 4.78 is 0. The largest absolute Gasteiger partial charge is 0.302 e. The molecule has 0 radical (unpaired) electrons. The molecule has 3 amide bonds. The van der Waals surface area contributed by atoms with Crippen LogP contribution in [0.4, 0.5) is 5.13 Å². The van der Waals surface area contributed by atoms with Crippen LogP contribution in [0.2, 0.25) is 0 Å². The lowest BCUT2D eigenvalue weighted by molar-refractivity contribution is -0.167. The maximum Gasteiger partial charge on any atom is 0.235 e. The van der Waals surface area contributed by atoms with Gasteiger partial charge in [0, 0.05) is 23.8 Å². The minimum absolute atomic E-state index is 0.0956. The summed E-state index contributed by atoms with van der Waals surface area (Å²) in [4.78, 5) is 44.5. The average Bonchev–Trinajstić information content (AvgIpc) is 2.92. The van der Waals surface area contributed by atoms with Crippen molar-refractivity contribution in [2.24, 2.45) is 16.7 Å². The summed E-state index contributed by atoms with van der Waals surface area (Å²) in [5.41, 5.74) is 0.0509. The Morgan fingerprint density at radius 3 is 2.60 bits per heavy atom. The molecule has 1 N–H and O–H groups in total. The number of carbonyl (C=O) groups is 3. The Labute approximate surface area is 152 Å². The number of rotatable bonds is 4. The summed E-state index contributed by atoms with van der Waals surface area (Å²) in [6.45, 7) is 9.96. The predicted octanol–water partition coefficient (Wildman–Crippen LogP) is 2.90. The summed E-state index contributed by atoms with van der Waals surface area (Å²) >= 11 is 1.42. The van der Waals surface area contributed by atoms with Crippen LogP contribution in [0, 0.1) is 30.6 Å². The Bertz CT molecular complexity index is 735. The fourth-order valence-electron chi connectivity index (χ4n) is 4.03. The molecule has 1 saturated carbocycles. The van der Waals surface area contributed by atoms with Gasteiger partial charge < -0.3 is 5.32 Å². The number of fused-ring (bicyclic) bond motifs is 2. The first-order valence-corrected chi connectivity index (χ1v) is 9.49. The van der Waals surface area contributed by atoms with Crippen molar-refractivity contribution in [3.05, 3.63) is 10.6 Å². The zero-order valence-electron chi connectivity index (χ0n) is 15.4. The topological polar surface area (TPSA) is 79.4 Å². The van der Waals surface area contributed by atoms with Crippen molar-refractivity contribution in [3.63, 3.8) is 0 Å². The number of aromatic nitrogens is 1. The highest BCUT2D eigenvalue weighted by Crippen LogP contribution is 2.60. The molecule has 2 fully saturated rings. The van der Waals surface area contributed by atoms with E-state index in [0.29, 0.717) is 5.13 Å². The van der Waals surface area contributed by atoms with Crippen molar-refractivity contribution in [2.75, 3.05) is 11.9 Å². The molecule has 136 valence electrons. The highest BCUT2D eigenvalue weighted by molar-refractivity contribution is 7.15. The van der Waals surface area contributed by atoms with Crippen LogP contribution in [0.5, 0.6) is 0 Å². The quantitative estimate of drug-likeness (QED) is 0.834. The van der Waals surface area contributed by atoms with Crippen molar-refractivity contribution in [3.8, 4) is 0 Å². The maximum atomic E-state index is 12.9. The summed E-state index contributed by atoms with van der Waals surface area (Å²) in [5, 5.41) is 3.32. The molecule has 6 nitrogen and oxygen atoms in total. The van der Waals surface area contributed by atoms with Crippen LogP contribution in [0.25, 0.3) is 0 Å². The van der Waals surface area contributed by atoms with Crippen molar-refractivity contribution >= 4 is 34.2 Å². The standard InChI is InChI=1S/C18H25N3O3S/c1-10-11(2)25-16(19-10)20-13(22)7-9-21-14(23)12-6-8-18(5,15(21)24)17(12,3)4/h12H,6-9H2,1-5H3,(H,19,20,22). The molecule has 1 aromatic heterocycles. The number of nitrogens with zero attached hydrogens (tertiary/aromatic N) is 2. The van der Waals surface area contributed by atoms with Gasteiger partial charge in [0.2, 0.25) is 17.7 Å². The molecule has 3 rings (SSSR count). The first-order valence-electron chi connectivity index (χ1n) is 8.67. The van der Waals surface area contributed by atoms with E-state index >= 15 is 0 Å². The Balaban J connectivity index is 1.66. The molecule has 1 aromatic rings. The van der Waals surface area contributed by atoms with Crippen LogP contribution >= 0.6 is 11.3 Å². The third-order valence-corrected chi connectivity index (χ3v) is 7.33. The summed E-state index contributed by atoms with van der Waals surface area (Å²) in [5.74, 6) is -0.622. The minimum Gasteiger partial charge on any atom is -0.302 e. The van der Waals surface area contributed by atoms with Gasteiger partial charge in [0.25, 0.3) is 0 Å². The molecular weight excluding hydrogens is 338 g/mol. The van der Waals surface area contributed by atoms with Gasteiger partial charge in [0.15, 0.2) is 5.13 Å². The lowest BCUT2D eigenvalue weighted by Gasteiger charge is -2.47. The van der Waals surface area contributed by atoms with Gasteiger partial charge in [-0.05, 0) is 32.1 Å². The number of hydrogen-bond donors (Lipinski definition) is 1. The monoisotopic (exact) mass is 363 g/mol. The van der Waals surface area contributed by atoms with E-state index in [1.54, 1.807) is 0 Å². The Morgan fingerprint density at radius 1 is 1.32 bits per heavy atom. The van der Waals surface area contributed by atoms with E-state index in [1.165, 1.54) is 16.2 Å². The number of piperidine rings is 1. The van der Waals surface area contributed by atoms with E-state index in [2.05, 4.69) is 10.3 Å². The van der Waals surface area contributed by atoms with Crippen molar-refractivity contribution in [2.45, 2.75) is 53.9 Å². The molecule has 1 saturated heterocycles. The highest BCUT2D eigenvalue weighted by atomic mass is 32.1. The smallest absolute Gasteiger partial charge is 0.235 e. The lowest BCUT2D eigenvalue weighted by Crippen LogP contribution is -2.59. The maximum absolute atomic E-state index is 12.9. The number of anilines is 1. The highest BCUT2D eigenvalue weighted by Gasteiger charge is 2.64. The molecule has 2 bridgehead atoms. The van der Waals surface area contributed by atoms with Crippen LogP contribution < -0.4 is 5.32 Å². The molecule has 0 spiro atoms. The molecule has 1 aliphatic heterocycles. The summed E-state index contributed by atoms with van der Waals surface area (Å²) in [6.07, 6.45) is 1.57. The number of amides is 3. The molecule has 2 heterocycles. The molecule has 2 aliphatic rings. The Hall–Kier alpha value is -1.76. The second kappa shape index (κ2) is 5.90. The van der Waals surface area contributed by atoms with E-state index in [-0.39, 0.29) is 42.0 Å². The van der Waals surface area contributed by atoms with Gasteiger partial charge >= 0.3 is 0 Å². The molecule has 0 aromatic carbocycles. The second-order valence-electron chi connectivity index (χ2n) is 7.90. The third kappa shape index (κ3) is 2.69. The zero-order chi connectivity index (χ0) is 18.6. The van der Waals surface area contributed by atoms with Crippen molar-refractivity contribution in [1.82, 2.24) is 9.88 Å². The van der Waals surface area contributed by atoms with E-state index < -0.39 is 5.41 Å². The first-order chi connectivity index (χ1) is 11.6. The van der Waals surface area contributed by atoms with Gasteiger partial charge in [0.1, 0.15) is 0 Å². The summed E-state index contributed by atoms with van der Waals surface area (Å²) in [6, 6.07) is 0. The van der Waals surface area contributed by atoms with Gasteiger partial charge in [-0.25, -0.2) is 4.98 Å². The lowest BCUT2D eigenvalue weighted by atomic mass is 9.62. The molecular formula is C18H25N3O3S. The number of imide groups is 1. The van der Waals surface area contributed by atoms with Crippen LogP contribution in [-0.2, 0) is 14.4 Å². The van der Waals surface area contributed by atoms with E-state index in [4.69, 9.17) is 0 Å². The van der Waals surface area contributed by atoms with Gasteiger partial charge in [0.05, 0.1) is 11.1 Å². The number of hydrogen-bond acceptors (Lipinski definition) is 5. The predicted molar refractivity (Wildman–Crippen MR) is 96.2 cm³/mol.